The second-order valence-corrected chi connectivity index (χ2v) is 6.80. The van der Waals surface area contributed by atoms with Gasteiger partial charge in [-0.1, -0.05) is 12.1 Å². The quantitative estimate of drug-likeness (QED) is 0.716. The van der Waals surface area contributed by atoms with Crippen LogP contribution in [0.2, 0.25) is 0 Å². The minimum Gasteiger partial charge on any atom is -0.462 e. The summed E-state index contributed by atoms with van der Waals surface area (Å²) >= 11 is 0. The first-order chi connectivity index (χ1) is 10.8. The highest BCUT2D eigenvalue weighted by Gasteiger charge is 2.20. The Morgan fingerprint density at radius 3 is 2.43 bits per heavy atom. The molecule has 1 N–H and O–H groups in total. The average molecular weight is 342 g/mol. The molecule has 1 rings (SSSR count). The van der Waals surface area contributed by atoms with Crippen LogP contribution < -0.4 is 9.62 Å². The van der Waals surface area contributed by atoms with E-state index in [1.807, 2.05) is 0 Å². The van der Waals surface area contributed by atoms with Gasteiger partial charge < -0.3 is 9.64 Å². The van der Waals surface area contributed by atoms with Crippen LogP contribution in [0.5, 0.6) is 0 Å². The number of hydrogen-bond acceptors (Lipinski definition) is 5. The molecule has 23 heavy (non-hydrogen) atoms. The number of ether oxygens (including phenoxy) is 1. The first-order valence-corrected chi connectivity index (χ1v) is 8.99. The van der Waals surface area contributed by atoms with E-state index in [9.17, 15) is 18.0 Å². The Hall–Kier alpha value is -1.93. The molecule has 0 fully saturated rings. The van der Waals surface area contributed by atoms with Gasteiger partial charge in [0.15, 0.2) is 0 Å². The van der Waals surface area contributed by atoms with E-state index in [0.717, 1.165) is 0 Å². The van der Waals surface area contributed by atoms with Gasteiger partial charge >= 0.3 is 5.97 Å². The van der Waals surface area contributed by atoms with E-state index < -0.39 is 16.0 Å². The number of nitrogens with one attached hydrogen (secondary N) is 1. The number of amides is 1. The van der Waals surface area contributed by atoms with Crippen molar-refractivity contribution in [2.75, 3.05) is 30.3 Å². The van der Waals surface area contributed by atoms with Crippen molar-refractivity contribution < 1.29 is 22.7 Å². The molecule has 8 heteroatoms. The van der Waals surface area contributed by atoms with Gasteiger partial charge in [0, 0.05) is 20.0 Å². The van der Waals surface area contributed by atoms with Crippen LogP contribution in [0.3, 0.4) is 0 Å². The molecule has 0 saturated heterocycles. The van der Waals surface area contributed by atoms with Crippen molar-refractivity contribution in [1.29, 1.82) is 0 Å². The molecule has 0 saturated carbocycles. The Kier molecular flexibility index (Phi) is 7.18. The summed E-state index contributed by atoms with van der Waals surface area (Å²) in [7, 11) is -3.34. The van der Waals surface area contributed by atoms with Crippen molar-refractivity contribution in [2.45, 2.75) is 20.8 Å². The molecule has 0 spiro atoms. The minimum atomic E-state index is -3.34. The number of sulfonamides is 1. The van der Waals surface area contributed by atoms with Crippen LogP contribution in [0.1, 0.15) is 31.1 Å². The van der Waals surface area contributed by atoms with Gasteiger partial charge in [-0.15, -0.1) is 0 Å². The molecule has 0 atom stereocenters. The van der Waals surface area contributed by atoms with Gasteiger partial charge in [0.2, 0.25) is 15.9 Å². The SMILES string of the molecule is CCOC(=O)c1ccccc1N(CCNS(=O)(=O)CC)C(C)=O. The van der Waals surface area contributed by atoms with E-state index in [2.05, 4.69) is 4.72 Å². The van der Waals surface area contributed by atoms with Gasteiger partial charge in [-0.2, -0.15) is 0 Å². The fourth-order valence-electron chi connectivity index (χ4n) is 1.95. The van der Waals surface area contributed by atoms with Gasteiger partial charge in [0.25, 0.3) is 0 Å². The number of rotatable bonds is 8. The van der Waals surface area contributed by atoms with Crippen LogP contribution in [0.25, 0.3) is 0 Å². The highest BCUT2D eigenvalue weighted by atomic mass is 32.2. The zero-order valence-corrected chi connectivity index (χ0v) is 14.4. The lowest BCUT2D eigenvalue weighted by Gasteiger charge is -2.23. The van der Waals surface area contributed by atoms with Gasteiger partial charge in [0.1, 0.15) is 0 Å². The molecule has 0 bridgehead atoms. The molecule has 1 amide bonds. The summed E-state index contributed by atoms with van der Waals surface area (Å²) in [4.78, 5) is 25.3. The second-order valence-electron chi connectivity index (χ2n) is 4.71. The third kappa shape index (κ3) is 5.65. The van der Waals surface area contributed by atoms with Crippen molar-refractivity contribution in [1.82, 2.24) is 4.72 Å². The molecule has 1 aromatic carbocycles. The van der Waals surface area contributed by atoms with Gasteiger partial charge in [-0.25, -0.2) is 17.9 Å². The number of anilines is 1. The summed E-state index contributed by atoms with van der Waals surface area (Å²) < 4.78 is 30.3. The summed E-state index contributed by atoms with van der Waals surface area (Å²) in [5.74, 6) is -0.854. The molecule has 0 aliphatic carbocycles. The van der Waals surface area contributed by atoms with Crippen LogP contribution in [0.15, 0.2) is 24.3 Å². The largest absolute Gasteiger partial charge is 0.462 e. The molecule has 0 aromatic heterocycles. The molecule has 0 heterocycles. The molecule has 0 aliphatic rings. The van der Waals surface area contributed by atoms with E-state index in [1.54, 1.807) is 31.2 Å². The molecule has 1 aromatic rings. The molecule has 0 radical (unpaired) electrons. The summed E-state index contributed by atoms with van der Waals surface area (Å²) in [6.07, 6.45) is 0. The van der Waals surface area contributed by atoms with E-state index >= 15 is 0 Å². The first-order valence-electron chi connectivity index (χ1n) is 7.34. The maximum Gasteiger partial charge on any atom is 0.340 e. The lowest BCUT2D eigenvalue weighted by Crippen LogP contribution is -2.38. The third-order valence-corrected chi connectivity index (χ3v) is 4.51. The van der Waals surface area contributed by atoms with Crippen molar-refractivity contribution in [2.24, 2.45) is 0 Å². The summed E-state index contributed by atoms with van der Waals surface area (Å²) in [6, 6.07) is 6.57. The fraction of sp³-hybridized carbons (Fsp3) is 0.467. The van der Waals surface area contributed by atoms with Crippen molar-refractivity contribution in [3.05, 3.63) is 29.8 Å². The van der Waals surface area contributed by atoms with Gasteiger partial charge in [-0.05, 0) is 26.0 Å². The lowest BCUT2D eigenvalue weighted by molar-refractivity contribution is -0.116. The van der Waals surface area contributed by atoms with Crippen LogP contribution in [-0.4, -0.2) is 45.7 Å². The zero-order valence-electron chi connectivity index (χ0n) is 13.5. The topological polar surface area (TPSA) is 92.8 Å². The molecule has 0 aliphatic heterocycles. The minimum absolute atomic E-state index is 0.0352. The number of benzene rings is 1. The third-order valence-electron chi connectivity index (χ3n) is 3.11. The van der Waals surface area contributed by atoms with E-state index in [-0.39, 0.29) is 36.9 Å². The van der Waals surface area contributed by atoms with Gasteiger partial charge in [0.05, 0.1) is 23.6 Å². The number of carbonyl (C=O) groups is 2. The Morgan fingerprint density at radius 1 is 1.22 bits per heavy atom. The summed E-state index contributed by atoms with van der Waals surface area (Å²) in [6.45, 7) is 4.99. The van der Waals surface area contributed by atoms with Crippen molar-refractivity contribution >= 4 is 27.6 Å². The molecule has 128 valence electrons. The lowest BCUT2D eigenvalue weighted by atomic mass is 10.1. The Labute approximate surface area is 136 Å². The van der Waals surface area contributed by atoms with E-state index in [1.165, 1.54) is 18.7 Å². The fourth-order valence-corrected chi connectivity index (χ4v) is 2.56. The average Bonchev–Trinajstić information content (AvgIpc) is 2.51. The first kappa shape index (κ1) is 19.1. The highest BCUT2D eigenvalue weighted by molar-refractivity contribution is 7.89. The Balaban J connectivity index is 2.98. The van der Waals surface area contributed by atoms with E-state index in [0.29, 0.717) is 5.69 Å². The maximum absolute atomic E-state index is 12.0. The van der Waals surface area contributed by atoms with Crippen molar-refractivity contribution in [3.8, 4) is 0 Å². The predicted octanol–water partition coefficient (Wildman–Crippen LogP) is 1.16. The zero-order chi connectivity index (χ0) is 17.5. The smallest absolute Gasteiger partial charge is 0.340 e. The normalized spacial score (nSPS) is 11.1. The van der Waals surface area contributed by atoms with Crippen LogP contribution >= 0.6 is 0 Å². The molecular weight excluding hydrogens is 320 g/mol. The Morgan fingerprint density at radius 2 is 1.87 bits per heavy atom. The molecule has 0 unspecified atom stereocenters. The monoisotopic (exact) mass is 342 g/mol. The summed E-state index contributed by atoms with van der Waals surface area (Å²) in [5, 5.41) is 0. The number of hydrogen-bond donors (Lipinski definition) is 1. The summed E-state index contributed by atoms with van der Waals surface area (Å²) in [5.41, 5.74) is 0.664. The number of esters is 1. The van der Waals surface area contributed by atoms with E-state index in [4.69, 9.17) is 4.74 Å². The Bertz CT molecular complexity index is 658. The molecular formula is C15H22N2O5S. The predicted molar refractivity (Wildman–Crippen MR) is 87.9 cm³/mol. The number of carbonyl (C=O) groups excluding carboxylic acids is 2. The maximum atomic E-state index is 12.0. The number of nitrogens with zero attached hydrogens (tertiary/aromatic N) is 1. The van der Waals surface area contributed by atoms with Crippen LogP contribution in [0, 0.1) is 0 Å². The number of para-hydroxylation sites is 1. The molecule has 7 nitrogen and oxygen atoms in total. The van der Waals surface area contributed by atoms with Crippen molar-refractivity contribution in [3.63, 3.8) is 0 Å². The highest BCUT2D eigenvalue weighted by Crippen LogP contribution is 2.21. The standard InChI is InChI=1S/C15H22N2O5S/c1-4-22-15(19)13-8-6-7-9-14(13)17(12(3)18)11-10-16-23(20,21)5-2/h6-9,16H,4-5,10-11H2,1-3H3. The van der Waals surface area contributed by atoms with Gasteiger partial charge in [-0.3, -0.25) is 4.79 Å². The van der Waals surface area contributed by atoms with Crippen LogP contribution in [0.4, 0.5) is 5.69 Å². The van der Waals surface area contributed by atoms with Crippen LogP contribution in [-0.2, 0) is 19.6 Å². The second kappa shape index (κ2) is 8.64.